The third kappa shape index (κ3) is 3.51. The minimum absolute atomic E-state index is 0.188. The molecule has 2 aromatic rings. The lowest BCUT2D eigenvalue weighted by Crippen LogP contribution is -2.30. The lowest BCUT2D eigenvalue weighted by Gasteiger charge is -2.20. The highest BCUT2D eigenvalue weighted by atomic mass is 79.9. The fourth-order valence-electron chi connectivity index (χ4n) is 1.78. The maximum atomic E-state index is 12.5. The van der Waals surface area contributed by atoms with Gasteiger partial charge in [0, 0.05) is 4.88 Å². The topological polar surface area (TPSA) is 46.2 Å². The van der Waals surface area contributed by atoms with Crippen LogP contribution in [0.2, 0.25) is 0 Å². The highest BCUT2D eigenvalue weighted by molar-refractivity contribution is 9.11. The minimum Gasteiger partial charge on any atom is -0.206 e. The summed E-state index contributed by atoms with van der Waals surface area (Å²) in [6.07, 6.45) is 0. The van der Waals surface area contributed by atoms with Crippen LogP contribution >= 0.6 is 38.6 Å². The molecule has 1 unspecified atom stereocenters. The molecule has 2 aromatic heterocycles. The van der Waals surface area contributed by atoms with Crippen molar-refractivity contribution in [2.75, 3.05) is 0 Å². The molecule has 0 aliphatic rings. The van der Waals surface area contributed by atoms with E-state index in [2.05, 4.69) is 20.7 Å². The average Bonchev–Trinajstić information content (AvgIpc) is 2.97. The molecule has 0 saturated heterocycles. The second-order valence-electron chi connectivity index (χ2n) is 4.88. The lowest BCUT2D eigenvalue weighted by atomic mass is 10.0. The highest BCUT2D eigenvalue weighted by Crippen LogP contribution is 2.33. The van der Waals surface area contributed by atoms with Gasteiger partial charge in [-0.3, -0.25) is 0 Å². The molecule has 110 valence electrons. The van der Waals surface area contributed by atoms with E-state index in [0.29, 0.717) is 4.21 Å². The summed E-state index contributed by atoms with van der Waals surface area (Å²) in [6, 6.07) is 5.41. The number of rotatable bonds is 5. The van der Waals surface area contributed by atoms with Crippen LogP contribution in [-0.4, -0.2) is 8.42 Å². The van der Waals surface area contributed by atoms with Crippen molar-refractivity contribution in [2.45, 2.75) is 31.0 Å². The Morgan fingerprint density at radius 2 is 2.05 bits per heavy atom. The van der Waals surface area contributed by atoms with E-state index in [4.69, 9.17) is 0 Å². The zero-order valence-corrected chi connectivity index (χ0v) is 15.4. The molecule has 0 bridgehead atoms. The van der Waals surface area contributed by atoms with Crippen molar-refractivity contribution in [3.63, 3.8) is 0 Å². The molecule has 7 heteroatoms. The van der Waals surface area contributed by atoms with Crippen LogP contribution in [0.3, 0.4) is 0 Å². The first-order valence-corrected chi connectivity index (χ1v) is 10.1. The minimum atomic E-state index is -3.49. The number of hydrogen-bond acceptors (Lipinski definition) is 4. The average molecular weight is 394 g/mol. The van der Waals surface area contributed by atoms with Gasteiger partial charge in [-0.1, -0.05) is 19.9 Å². The predicted octanol–water partition coefficient (Wildman–Crippen LogP) is 4.56. The molecular weight excluding hydrogens is 378 g/mol. The van der Waals surface area contributed by atoms with Crippen molar-refractivity contribution in [2.24, 2.45) is 5.92 Å². The Kier molecular flexibility index (Phi) is 5.07. The van der Waals surface area contributed by atoms with Crippen LogP contribution in [0, 0.1) is 12.8 Å². The van der Waals surface area contributed by atoms with Gasteiger partial charge in [-0.25, -0.2) is 13.1 Å². The van der Waals surface area contributed by atoms with Gasteiger partial charge in [0.15, 0.2) is 0 Å². The Bertz CT molecular complexity index is 655. The van der Waals surface area contributed by atoms with Gasteiger partial charge < -0.3 is 0 Å². The zero-order valence-electron chi connectivity index (χ0n) is 11.4. The predicted molar refractivity (Wildman–Crippen MR) is 89.0 cm³/mol. The number of aryl methyl sites for hydroxylation is 1. The fourth-order valence-corrected chi connectivity index (χ4v) is 6.41. The molecule has 2 heterocycles. The number of halogens is 1. The van der Waals surface area contributed by atoms with Crippen molar-refractivity contribution in [3.8, 4) is 0 Å². The second-order valence-corrected chi connectivity index (χ2v) is 10.2. The molecule has 0 aromatic carbocycles. The lowest BCUT2D eigenvalue weighted by molar-refractivity contribution is 0.469. The Labute approximate surface area is 136 Å². The van der Waals surface area contributed by atoms with Gasteiger partial charge in [-0.2, -0.15) is 0 Å². The van der Waals surface area contributed by atoms with Crippen LogP contribution < -0.4 is 4.72 Å². The van der Waals surface area contributed by atoms with Crippen molar-refractivity contribution < 1.29 is 8.42 Å². The second kappa shape index (κ2) is 6.27. The third-order valence-electron chi connectivity index (χ3n) is 2.90. The van der Waals surface area contributed by atoms with Crippen LogP contribution in [0.1, 0.15) is 30.3 Å². The van der Waals surface area contributed by atoms with Gasteiger partial charge in [-0.15, -0.1) is 22.7 Å². The molecule has 0 saturated carbocycles. The van der Waals surface area contributed by atoms with E-state index in [0.717, 1.165) is 14.2 Å². The summed E-state index contributed by atoms with van der Waals surface area (Å²) < 4.78 is 29.0. The third-order valence-corrected chi connectivity index (χ3v) is 7.90. The quantitative estimate of drug-likeness (QED) is 0.808. The fraction of sp³-hybridized carbons (Fsp3) is 0.385. The summed E-state index contributed by atoms with van der Waals surface area (Å²) in [5, 5.41) is 1.96. The number of thiophene rings is 2. The van der Waals surface area contributed by atoms with Gasteiger partial charge in [0.05, 0.1) is 9.83 Å². The van der Waals surface area contributed by atoms with E-state index in [-0.39, 0.29) is 12.0 Å². The normalized spacial score (nSPS) is 13.8. The monoisotopic (exact) mass is 393 g/mol. The van der Waals surface area contributed by atoms with Gasteiger partial charge in [-0.05, 0) is 51.8 Å². The molecular formula is C13H16BrNO2S3. The van der Waals surface area contributed by atoms with Crippen LogP contribution in [0.25, 0.3) is 0 Å². The summed E-state index contributed by atoms with van der Waals surface area (Å²) in [6.45, 7) is 5.92. The van der Waals surface area contributed by atoms with E-state index in [1.165, 1.54) is 11.3 Å². The van der Waals surface area contributed by atoms with Crippen LogP contribution in [0.15, 0.2) is 31.6 Å². The molecule has 0 aliphatic heterocycles. The summed E-state index contributed by atoms with van der Waals surface area (Å²) in [4.78, 5) is 1.04. The molecule has 2 rings (SSSR count). The summed E-state index contributed by atoms with van der Waals surface area (Å²) in [7, 11) is -3.49. The number of sulfonamides is 1. The Hall–Kier alpha value is -0.210. The first kappa shape index (κ1) is 16.2. The van der Waals surface area contributed by atoms with Crippen LogP contribution in [0.5, 0.6) is 0 Å². The first-order chi connectivity index (χ1) is 9.31. The van der Waals surface area contributed by atoms with Gasteiger partial charge in [0.2, 0.25) is 0 Å². The summed E-state index contributed by atoms with van der Waals surface area (Å²) >= 11 is 6.18. The standard InChI is InChI=1S/C13H16BrNO2S3/c1-8(2)12(10-5-4-6-18-10)15-20(16,17)11-7-9(3)13(14)19-11/h4-8,12,15H,1-3H3. The van der Waals surface area contributed by atoms with E-state index < -0.39 is 10.0 Å². The van der Waals surface area contributed by atoms with Gasteiger partial charge in [0.1, 0.15) is 4.21 Å². The molecule has 0 amide bonds. The molecule has 0 aliphatic carbocycles. The van der Waals surface area contributed by atoms with Crippen molar-refractivity contribution in [1.82, 2.24) is 4.72 Å². The Morgan fingerprint density at radius 1 is 1.35 bits per heavy atom. The molecule has 3 nitrogen and oxygen atoms in total. The van der Waals surface area contributed by atoms with E-state index >= 15 is 0 Å². The Morgan fingerprint density at radius 3 is 2.50 bits per heavy atom. The largest absolute Gasteiger partial charge is 0.250 e. The van der Waals surface area contributed by atoms with Gasteiger partial charge >= 0.3 is 0 Å². The van der Waals surface area contributed by atoms with Crippen molar-refractivity contribution in [1.29, 1.82) is 0 Å². The van der Waals surface area contributed by atoms with E-state index in [9.17, 15) is 8.42 Å². The van der Waals surface area contributed by atoms with Gasteiger partial charge in [0.25, 0.3) is 10.0 Å². The van der Waals surface area contributed by atoms with E-state index in [1.54, 1.807) is 17.4 Å². The Balaban J connectivity index is 2.30. The summed E-state index contributed by atoms with van der Waals surface area (Å²) in [5.74, 6) is 0.188. The van der Waals surface area contributed by atoms with Crippen molar-refractivity contribution >= 4 is 48.6 Å². The number of hydrogen-bond donors (Lipinski definition) is 1. The molecule has 0 fully saturated rings. The van der Waals surface area contributed by atoms with Crippen molar-refractivity contribution in [3.05, 3.63) is 37.8 Å². The SMILES string of the molecule is Cc1cc(S(=O)(=O)NC(c2cccs2)C(C)C)sc1Br. The maximum Gasteiger partial charge on any atom is 0.250 e. The maximum absolute atomic E-state index is 12.5. The zero-order chi connectivity index (χ0) is 14.9. The molecule has 20 heavy (non-hydrogen) atoms. The summed E-state index contributed by atoms with van der Waals surface area (Å²) in [5.41, 5.74) is 0.938. The molecule has 0 radical (unpaired) electrons. The smallest absolute Gasteiger partial charge is 0.206 e. The first-order valence-electron chi connectivity index (χ1n) is 6.13. The number of nitrogens with one attached hydrogen (secondary N) is 1. The van der Waals surface area contributed by atoms with Crippen LogP contribution in [-0.2, 0) is 10.0 Å². The molecule has 1 N–H and O–H groups in total. The highest BCUT2D eigenvalue weighted by Gasteiger charge is 2.26. The van der Waals surface area contributed by atoms with E-state index in [1.807, 2.05) is 38.3 Å². The molecule has 1 atom stereocenters. The molecule has 0 spiro atoms. The van der Waals surface area contributed by atoms with Crippen LogP contribution in [0.4, 0.5) is 0 Å².